The fourth-order valence-electron chi connectivity index (χ4n) is 1.85. The molecule has 0 fully saturated rings. The predicted octanol–water partition coefficient (Wildman–Crippen LogP) is 3.57. The van der Waals surface area contributed by atoms with Gasteiger partial charge in [-0.1, -0.05) is 29.8 Å². The van der Waals surface area contributed by atoms with Crippen LogP contribution in [0.4, 0.5) is 0 Å². The van der Waals surface area contributed by atoms with E-state index in [0.29, 0.717) is 5.02 Å². The largest absolute Gasteiger partial charge is 0.489 e. The molecule has 1 atom stereocenters. The van der Waals surface area contributed by atoms with Crippen molar-refractivity contribution in [3.63, 3.8) is 0 Å². The molecule has 0 spiro atoms. The number of nitrogens with zero attached hydrogens (tertiary/aromatic N) is 1. The normalized spacial score (nSPS) is 12.5. The molecule has 1 aromatic heterocycles. The maximum Gasteiger partial charge on any atom is 0.138 e. The SMILES string of the molecule is CC(C)Oc1cncc(C(N)c2ccccc2Cl)c1. The Morgan fingerprint density at radius 2 is 1.95 bits per heavy atom. The van der Waals surface area contributed by atoms with E-state index in [1.54, 1.807) is 12.4 Å². The molecule has 1 heterocycles. The van der Waals surface area contributed by atoms with Crippen molar-refractivity contribution in [1.29, 1.82) is 0 Å². The third kappa shape index (κ3) is 3.46. The number of rotatable bonds is 4. The monoisotopic (exact) mass is 276 g/mol. The van der Waals surface area contributed by atoms with Crippen LogP contribution in [0.3, 0.4) is 0 Å². The van der Waals surface area contributed by atoms with Crippen molar-refractivity contribution in [2.75, 3.05) is 0 Å². The average Bonchev–Trinajstić information content (AvgIpc) is 2.38. The van der Waals surface area contributed by atoms with Crippen molar-refractivity contribution in [2.45, 2.75) is 26.0 Å². The van der Waals surface area contributed by atoms with E-state index in [1.807, 2.05) is 44.2 Å². The topological polar surface area (TPSA) is 48.1 Å². The zero-order valence-electron chi connectivity index (χ0n) is 11.0. The second-order valence-electron chi connectivity index (χ2n) is 4.62. The van der Waals surface area contributed by atoms with Crippen LogP contribution >= 0.6 is 11.6 Å². The summed E-state index contributed by atoms with van der Waals surface area (Å²) >= 11 is 6.16. The Bertz CT molecular complexity index is 557. The molecule has 100 valence electrons. The highest BCUT2D eigenvalue weighted by Gasteiger charge is 2.13. The van der Waals surface area contributed by atoms with Crippen molar-refractivity contribution in [1.82, 2.24) is 4.98 Å². The fraction of sp³-hybridized carbons (Fsp3) is 0.267. The Morgan fingerprint density at radius 3 is 2.63 bits per heavy atom. The van der Waals surface area contributed by atoms with Crippen LogP contribution in [-0.4, -0.2) is 11.1 Å². The zero-order valence-corrected chi connectivity index (χ0v) is 11.8. The molecule has 19 heavy (non-hydrogen) atoms. The molecule has 2 N–H and O–H groups in total. The van der Waals surface area contributed by atoms with Crippen LogP contribution in [0.2, 0.25) is 5.02 Å². The van der Waals surface area contributed by atoms with Gasteiger partial charge in [0.25, 0.3) is 0 Å². The van der Waals surface area contributed by atoms with Crippen LogP contribution in [0.1, 0.15) is 31.0 Å². The summed E-state index contributed by atoms with van der Waals surface area (Å²) in [4.78, 5) is 4.17. The fourth-order valence-corrected chi connectivity index (χ4v) is 2.10. The van der Waals surface area contributed by atoms with Gasteiger partial charge >= 0.3 is 0 Å². The van der Waals surface area contributed by atoms with E-state index in [9.17, 15) is 0 Å². The molecule has 0 aliphatic heterocycles. The average molecular weight is 277 g/mol. The molecule has 2 aromatic rings. The second-order valence-corrected chi connectivity index (χ2v) is 5.03. The van der Waals surface area contributed by atoms with E-state index in [1.165, 1.54) is 0 Å². The van der Waals surface area contributed by atoms with Gasteiger partial charge in [0, 0.05) is 11.2 Å². The molecular weight excluding hydrogens is 260 g/mol. The first-order valence-corrected chi connectivity index (χ1v) is 6.57. The molecule has 0 aliphatic carbocycles. The Kier molecular flexibility index (Phi) is 4.40. The minimum atomic E-state index is -0.308. The van der Waals surface area contributed by atoms with Crippen LogP contribution in [-0.2, 0) is 0 Å². The second kappa shape index (κ2) is 6.04. The summed E-state index contributed by atoms with van der Waals surface area (Å²) in [7, 11) is 0. The highest BCUT2D eigenvalue weighted by molar-refractivity contribution is 6.31. The Labute approximate surface area is 118 Å². The molecule has 0 bridgehead atoms. The molecule has 3 nitrogen and oxygen atoms in total. The lowest BCUT2D eigenvalue weighted by Crippen LogP contribution is -2.13. The first-order chi connectivity index (χ1) is 9.08. The minimum Gasteiger partial charge on any atom is -0.489 e. The highest BCUT2D eigenvalue weighted by atomic mass is 35.5. The van der Waals surface area contributed by atoms with Gasteiger partial charge in [-0.25, -0.2) is 0 Å². The standard InChI is InChI=1S/C15H17ClN2O/c1-10(2)19-12-7-11(8-18-9-12)15(17)13-5-3-4-6-14(13)16/h3-10,15H,17H2,1-2H3. The summed E-state index contributed by atoms with van der Waals surface area (Å²) in [6.45, 7) is 3.95. The smallest absolute Gasteiger partial charge is 0.138 e. The third-order valence-electron chi connectivity index (χ3n) is 2.71. The Hall–Kier alpha value is -1.58. The van der Waals surface area contributed by atoms with Crippen molar-refractivity contribution < 1.29 is 4.74 Å². The minimum absolute atomic E-state index is 0.105. The van der Waals surface area contributed by atoms with E-state index >= 15 is 0 Å². The first-order valence-electron chi connectivity index (χ1n) is 6.19. The van der Waals surface area contributed by atoms with Gasteiger partial charge in [0.2, 0.25) is 0 Å². The summed E-state index contributed by atoms with van der Waals surface area (Å²) in [5.41, 5.74) is 8.00. The Morgan fingerprint density at radius 1 is 1.21 bits per heavy atom. The highest BCUT2D eigenvalue weighted by Crippen LogP contribution is 2.27. The van der Waals surface area contributed by atoms with Gasteiger partial charge < -0.3 is 10.5 Å². The van der Waals surface area contributed by atoms with E-state index in [4.69, 9.17) is 22.1 Å². The van der Waals surface area contributed by atoms with Gasteiger partial charge in [0.1, 0.15) is 5.75 Å². The molecular formula is C15H17ClN2O. The lowest BCUT2D eigenvalue weighted by Gasteiger charge is -2.16. The number of aromatic nitrogens is 1. The predicted molar refractivity (Wildman–Crippen MR) is 77.5 cm³/mol. The maximum atomic E-state index is 6.24. The van der Waals surface area contributed by atoms with Crippen LogP contribution in [0.25, 0.3) is 0 Å². The zero-order chi connectivity index (χ0) is 13.8. The van der Waals surface area contributed by atoms with Gasteiger partial charge in [0.15, 0.2) is 0 Å². The number of ether oxygens (including phenoxy) is 1. The number of nitrogens with two attached hydrogens (primary N) is 1. The lowest BCUT2D eigenvalue weighted by molar-refractivity contribution is 0.241. The molecule has 4 heteroatoms. The molecule has 1 unspecified atom stereocenters. The molecule has 0 saturated carbocycles. The number of benzene rings is 1. The van der Waals surface area contributed by atoms with E-state index in [2.05, 4.69) is 4.98 Å². The van der Waals surface area contributed by atoms with Crippen molar-refractivity contribution >= 4 is 11.6 Å². The van der Waals surface area contributed by atoms with Gasteiger partial charge in [-0.2, -0.15) is 0 Å². The van der Waals surface area contributed by atoms with Crippen molar-refractivity contribution in [3.05, 3.63) is 58.9 Å². The summed E-state index contributed by atoms with van der Waals surface area (Å²) in [5.74, 6) is 0.718. The van der Waals surface area contributed by atoms with Crippen LogP contribution < -0.4 is 10.5 Å². The third-order valence-corrected chi connectivity index (χ3v) is 3.05. The van der Waals surface area contributed by atoms with Crippen molar-refractivity contribution in [2.24, 2.45) is 5.73 Å². The number of hydrogen-bond acceptors (Lipinski definition) is 3. The van der Waals surface area contributed by atoms with E-state index in [0.717, 1.165) is 16.9 Å². The number of pyridine rings is 1. The number of halogens is 1. The lowest BCUT2D eigenvalue weighted by atomic mass is 10.0. The molecule has 2 rings (SSSR count). The van der Waals surface area contributed by atoms with Crippen molar-refractivity contribution in [3.8, 4) is 5.75 Å². The molecule has 0 radical (unpaired) electrons. The summed E-state index contributed by atoms with van der Waals surface area (Å²) < 4.78 is 5.62. The Balaban J connectivity index is 2.29. The maximum absolute atomic E-state index is 6.24. The van der Waals surface area contributed by atoms with Gasteiger partial charge in [0.05, 0.1) is 18.3 Å². The number of hydrogen-bond donors (Lipinski definition) is 1. The first kappa shape index (κ1) is 13.8. The van der Waals surface area contributed by atoms with Crippen LogP contribution in [0.15, 0.2) is 42.7 Å². The summed E-state index contributed by atoms with van der Waals surface area (Å²) in [5, 5.41) is 0.658. The van der Waals surface area contributed by atoms with Gasteiger partial charge in [-0.05, 0) is 37.1 Å². The summed E-state index contributed by atoms with van der Waals surface area (Å²) in [6, 6.07) is 9.15. The molecule has 0 saturated heterocycles. The van der Waals surface area contributed by atoms with Gasteiger partial charge in [-0.3, -0.25) is 4.98 Å². The summed E-state index contributed by atoms with van der Waals surface area (Å²) in [6.07, 6.45) is 3.53. The van der Waals surface area contributed by atoms with Crippen LogP contribution in [0, 0.1) is 0 Å². The van der Waals surface area contributed by atoms with Crippen LogP contribution in [0.5, 0.6) is 5.75 Å². The molecule has 1 aromatic carbocycles. The quantitative estimate of drug-likeness (QED) is 0.929. The molecule has 0 amide bonds. The van der Waals surface area contributed by atoms with E-state index < -0.39 is 0 Å². The molecule has 0 aliphatic rings. The van der Waals surface area contributed by atoms with E-state index in [-0.39, 0.29) is 12.1 Å². The van der Waals surface area contributed by atoms with Gasteiger partial charge in [-0.15, -0.1) is 0 Å².